The molecule has 3 rings (SSSR count). The molecule has 1 aromatic rings. The third-order valence-electron chi connectivity index (χ3n) is 3.71. The van der Waals surface area contributed by atoms with E-state index in [2.05, 4.69) is 14.9 Å². The van der Waals surface area contributed by atoms with Gasteiger partial charge in [0, 0.05) is 24.4 Å². The summed E-state index contributed by atoms with van der Waals surface area (Å²) in [4.78, 5) is 4.25. The molecule has 0 radical (unpaired) electrons. The van der Waals surface area contributed by atoms with Gasteiger partial charge in [0.25, 0.3) is 0 Å². The van der Waals surface area contributed by atoms with Gasteiger partial charge in [-0.3, -0.25) is 0 Å². The standard InChI is InChI=1S/C13H21N3O/c1-2-11(1)13-9-15-10-16(13)7-8-17-12-3-5-14-6-4-12/h9-12,14H,1-8H2. The first-order valence-corrected chi connectivity index (χ1v) is 6.76. The van der Waals surface area contributed by atoms with Gasteiger partial charge < -0.3 is 14.6 Å². The van der Waals surface area contributed by atoms with Crippen LogP contribution in [0.4, 0.5) is 0 Å². The fourth-order valence-electron chi connectivity index (χ4n) is 2.52. The lowest BCUT2D eigenvalue weighted by atomic mass is 10.1. The van der Waals surface area contributed by atoms with Gasteiger partial charge in [-0.2, -0.15) is 0 Å². The van der Waals surface area contributed by atoms with Gasteiger partial charge in [-0.15, -0.1) is 0 Å². The molecule has 94 valence electrons. The summed E-state index contributed by atoms with van der Waals surface area (Å²) in [5.41, 5.74) is 1.40. The summed E-state index contributed by atoms with van der Waals surface area (Å²) >= 11 is 0. The van der Waals surface area contributed by atoms with E-state index in [4.69, 9.17) is 4.74 Å². The molecule has 0 unspecified atom stereocenters. The highest BCUT2D eigenvalue weighted by molar-refractivity contribution is 5.12. The molecule has 2 heterocycles. The van der Waals surface area contributed by atoms with Crippen molar-refractivity contribution in [3.8, 4) is 0 Å². The van der Waals surface area contributed by atoms with Crippen molar-refractivity contribution in [2.45, 2.75) is 44.2 Å². The van der Waals surface area contributed by atoms with Crippen LogP contribution in [0.25, 0.3) is 0 Å². The van der Waals surface area contributed by atoms with Gasteiger partial charge in [0.05, 0.1) is 19.0 Å². The first-order valence-electron chi connectivity index (χ1n) is 6.76. The lowest BCUT2D eigenvalue weighted by Crippen LogP contribution is -2.33. The van der Waals surface area contributed by atoms with Crippen LogP contribution in [0.3, 0.4) is 0 Å². The molecule has 0 bridgehead atoms. The highest BCUT2D eigenvalue weighted by Gasteiger charge is 2.26. The summed E-state index contributed by atoms with van der Waals surface area (Å²) in [7, 11) is 0. The summed E-state index contributed by atoms with van der Waals surface area (Å²) in [6.07, 6.45) is 9.39. The highest BCUT2D eigenvalue weighted by Crippen LogP contribution is 2.39. The number of ether oxygens (including phenoxy) is 1. The number of nitrogens with one attached hydrogen (secondary N) is 1. The molecule has 0 amide bonds. The Morgan fingerprint density at radius 2 is 2.12 bits per heavy atom. The molecule has 4 heteroatoms. The lowest BCUT2D eigenvalue weighted by Gasteiger charge is -2.23. The van der Waals surface area contributed by atoms with Gasteiger partial charge in [0.2, 0.25) is 0 Å². The zero-order chi connectivity index (χ0) is 11.5. The molecule has 1 N–H and O–H groups in total. The predicted molar refractivity (Wildman–Crippen MR) is 66.0 cm³/mol. The predicted octanol–water partition coefficient (Wildman–Crippen LogP) is 1.53. The summed E-state index contributed by atoms with van der Waals surface area (Å²) in [5, 5.41) is 3.36. The largest absolute Gasteiger partial charge is 0.376 e. The average molecular weight is 235 g/mol. The second-order valence-electron chi connectivity index (χ2n) is 5.11. The van der Waals surface area contributed by atoms with Crippen LogP contribution in [0.1, 0.15) is 37.3 Å². The minimum absolute atomic E-state index is 0.462. The Balaban J connectivity index is 1.45. The zero-order valence-electron chi connectivity index (χ0n) is 10.3. The SMILES string of the molecule is c1ncn(CCOC2CCNCC2)c1C1CC1. The Morgan fingerprint density at radius 1 is 1.29 bits per heavy atom. The van der Waals surface area contributed by atoms with Crippen LogP contribution in [0.2, 0.25) is 0 Å². The molecule has 0 atom stereocenters. The second kappa shape index (κ2) is 5.19. The maximum Gasteiger partial charge on any atom is 0.0949 e. The van der Waals surface area contributed by atoms with E-state index in [-0.39, 0.29) is 0 Å². The van der Waals surface area contributed by atoms with Crippen LogP contribution in [-0.4, -0.2) is 35.4 Å². The molecule has 1 saturated heterocycles. The molecule has 1 aliphatic heterocycles. The fourth-order valence-corrected chi connectivity index (χ4v) is 2.52. The first kappa shape index (κ1) is 11.2. The van der Waals surface area contributed by atoms with Gasteiger partial charge in [-0.1, -0.05) is 0 Å². The quantitative estimate of drug-likeness (QED) is 0.841. The Morgan fingerprint density at radius 3 is 2.88 bits per heavy atom. The summed E-state index contributed by atoms with van der Waals surface area (Å²) in [5.74, 6) is 0.774. The van der Waals surface area contributed by atoms with Crippen LogP contribution in [0.5, 0.6) is 0 Å². The first-order chi connectivity index (χ1) is 8.43. The summed E-state index contributed by atoms with van der Waals surface area (Å²) in [6, 6.07) is 0. The molecule has 2 fully saturated rings. The smallest absolute Gasteiger partial charge is 0.0949 e. The van der Waals surface area contributed by atoms with E-state index in [9.17, 15) is 0 Å². The van der Waals surface area contributed by atoms with E-state index < -0.39 is 0 Å². The van der Waals surface area contributed by atoms with Crippen molar-refractivity contribution in [2.75, 3.05) is 19.7 Å². The molecule has 0 aromatic carbocycles. The molecule has 1 aliphatic carbocycles. The average Bonchev–Trinajstić information content (AvgIpc) is 3.11. The number of nitrogens with zero attached hydrogens (tertiary/aromatic N) is 2. The van der Waals surface area contributed by atoms with Gasteiger partial charge >= 0.3 is 0 Å². The fraction of sp³-hybridized carbons (Fsp3) is 0.769. The van der Waals surface area contributed by atoms with Crippen LogP contribution >= 0.6 is 0 Å². The molecule has 1 saturated carbocycles. The van der Waals surface area contributed by atoms with E-state index >= 15 is 0 Å². The lowest BCUT2D eigenvalue weighted by molar-refractivity contribution is 0.0282. The van der Waals surface area contributed by atoms with Crippen LogP contribution < -0.4 is 5.32 Å². The van der Waals surface area contributed by atoms with Crippen molar-refractivity contribution in [3.05, 3.63) is 18.2 Å². The number of hydrogen-bond acceptors (Lipinski definition) is 3. The minimum Gasteiger partial charge on any atom is -0.376 e. The highest BCUT2D eigenvalue weighted by atomic mass is 16.5. The normalized spacial score (nSPS) is 21.9. The Bertz CT molecular complexity index is 353. The second-order valence-corrected chi connectivity index (χ2v) is 5.11. The van der Waals surface area contributed by atoms with Crippen LogP contribution in [0, 0.1) is 0 Å². The van der Waals surface area contributed by atoms with Gasteiger partial charge in [0.15, 0.2) is 0 Å². The number of rotatable bonds is 5. The number of hydrogen-bond donors (Lipinski definition) is 1. The van der Waals surface area contributed by atoms with E-state index in [1.165, 1.54) is 18.5 Å². The van der Waals surface area contributed by atoms with Crippen LogP contribution in [0.15, 0.2) is 12.5 Å². The Labute approximate surface area is 102 Å². The Hall–Kier alpha value is -0.870. The van der Waals surface area contributed by atoms with E-state index in [0.717, 1.165) is 45.0 Å². The van der Waals surface area contributed by atoms with Crippen molar-refractivity contribution >= 4 is 0 Å². The molecule has 1 aromatic heterocycles. The molecule has 0 spiro atoms. The van der Waals surface area contributed by atoms with Gasteiger partial charge in [-0.25, -0.2) is 4.98 Å². The number of imidazole rings is 1. The van der Waals surface area contributed by atoms with Crippen molar-refractivity contribution in [1.29, 1.82) is 0 Å². The van der Waals surface area contributed by atoms with Crippen molar-refractivity contribution in [1.82, 2.24) is 14.9 Å². The molecular weight excluding hydrogens is 214 g/mol. The number of piperidine rings is 1. The summed E-state index contributed by atoms with van der Waals surface area (Å²) in [6.45, 7) is 3.97. The maximum absolute atomic E-state index is 5.92. The zero-order valence-corrected chi connectivity index (χ0v) is 10.3. The molecule has 17 heavy (non-hydrogen) atoms. The third-order valence-corrected chi connectivity index (χ3v) is 3.71. The van der Waals surface area contributed by atoms with E-state index in [0.29, 0.717) is 6.10 Å². The van der Waals surface area contributed by atoms with Crippen molar-refractivity contribution < 1.29 is 4.74 Å². The summed E-state index contributed by atoms with van der Waals surface area (Å²) < 4.78 is 8.19. The van der Waals surface area contributed by atoms with E-state index in [1.54, 1.807) is 0 Å². The van der Waals surface area contributed by atoms with Crippen molar-refractivity contribution in [2.24, 2.45) is 0 Å². The van der Waals surface area contributed by atoms with Crippen LogP contribution in [-0.2, 0) is 11.3 Å². The topological polar surface area (TPSA) is 39.1 Å². The third kappa shape index (κ3) is 2.87. The van der Waals surface area contributed by atoms with Gasteiger partial charge in [-0.05, 0) is 38.8 Å². The molecular formula is C13H21N3O. The maximum atomic E-state index is 5.92. The molecule has 2 aliphatic rings. The number of aromatic nitrogens is 2. The minimum atomic E-state index is 0.462. The van der Waals surface area contributed by atoms with E-state index in [1.807, 2.05) is 12.5 Å². The monoisotopic (exact) mass is 235 g/mol. The van der Waals surface area contributed by atoms with Crippen molar-refractivity contribution in [3.63, 3.8) is 0 Å². The Kier molecular flexibility index (Phi) is 3.43. The molecule has 4 nitrogen and oxygen atoms in total. The van der Waals surface area contributed by atoms with Gasteiger partial charge in [0.1, 0.15) is 0 Å².